The molecule has 254 valence electrons. The molecule has 1 N–H and O–H groups in total. The summed E-state index contributed by atoms with van der Waals surface area (Å²) in [5.74, 6) is -0.558. The van der Waals surface area contributed by atoms with Crippen LogP contribution in [0.5, 0.6) is 0 Å². The Balaban J connectivity index is 1.39. The van der Waals surface area contributed by atoms with Crippen LogP contribution in [-0.4, -0.2) is 59.0 Å². The summed E-state index contributed by atoms with van der Waals surface area (Å²) in [5, 5.41) is 3.73. The first-order chi connectivity index (χ1) is 22.7. The Morgan fingerprint density at radius 2 is 1.79 bits per heavy atom. The lowest BCUT2D eigenvalue weighted by Crippen LogP contribution is -2.36. The van der Waals surface area contributed by atoms with Gasteiger partial charge in [0.1, 0.15) is 24.5 Å². The maximum absolute atomic E-state index is 15.6. The standard InChI is InChI=1S/C38H48FN5O3Si/c1-8-33(45)43-17-15-26(16-18-43)31-23-44(25-47-19-20-48(5,6)7)36-34(31)35(41-24-42-36)28-9-10-29(32(39)21-28)22-40-37(46)27-11-13-30(14-12-27)38(2,3)4/h8-14,21,23-24,26H,1,15-20,22,25H2,2-7H3,(H,40,46). The maximum atomic E-state index is 15.6. The number of fused-ring (bicyclic) bond motifs is 1. The van der Waals surface area contributed by atoms with Gasteiger partial charge in [0.25, 0.3) is 5.91 Å². The zero-order valence-electron chi connectivity index (χ0n) is 29.1. The van der Waals surface area contributed by atoms with E-state index in [4.69, 9.17) is 4.74 Å². The topological polar surface area (TPSA) is 89.3 Å². The summed E-state index contributed by atoms with van der Waals surface area (Å²) in [6.07, 6.45) is 6.55. The number of amides is 2. The molecule has 0 saturated carbocycles. The van der Waals surface area contributed by atoms with Crippen LogP contribution in [0.2, 0.25) is 25.7 Å². The highest BCUT2D eigenvalue weighted by molar-refractivity contribution is 6.76. The number of halogens is 1. The van der Waals surface area contributed by atoms with Crippen molar-refractivity contribution in [1.29, 1.82) is 0 Å². The van der Waals surface area contributed by atoms with E-state index in [1.165, 1.54) is 18.5 Å². The van der Waals surface area contributed by atoms with E-state index in [1.54, 1.807) is 18.2 Å². The third kappa shape index (κ3) is 8.28. The molecule has 2 aromatic carbocycles. The second-order valence-electron chi connectivity index (χ2n) is 14.9. The molecule has 8 nitrogen and oxygen atoms in total. The molecule has 48 heavy (non-hydrogen) atoms. The van der Waals surface area contributed by atoms with Gasteiger partial charge in [0.05, 0.1) is 5.69 Å². The van der Waals surface area contributed by atoms with Crippen LogP contribution < -0.4 is 5.32 Å². The fourth-order valence-electron chi connectivity index (χ4n) is 6.10. The second-order valence-corrected chi connectivity index (χ2v) is 20.6. The molecule has 1 fully saturated rings. The molecular formula is C38H48FN5O3Si. The van der Waals surface area contributed by atoms with Crippen molar-refractivity contribution < 1.29 is 18.7 Å². The molecule has 3 heterocycles. The first-order valence-corrected chi connectivity index (χ1v) is 20.5. The predicted molar refractivity (Wildman–Crippen MR) is 192 cm³/mol. The number of carbonyl (C=O) groups is 2. The summed E-state index contributed by atoms with van der Waals surface area (Å²) in [7, 11) is -1.25. The van der Waals surface area contributed by atoms with Gasteiger partial charge in [-0.05, 0) is 65.6 Å². The van der Waals surface area contributed by atoms with Crippen molar-refractivity contribution in [1.82, 2.24) is 24.8 Å². The van der Waals surface area contributed by atoms with E-state index in [0.29, 0.717) is 48.8 Å². The molecule has 0 spiro atoms. The Bertz CT molecular complexity index is 1780. The Hall–Kier alpha value is -4.15. The molecule has 4 aromatic rings. The van der Waals surface area contributed by atoms with Gasteiger partial charge in [0.15, 0.2) is 0 Å². The van der Waals surface area contributed by atoms with Crippen LogP contribution in [0.25, 0.3) is 22.3 Å². The largest absolute Gasteiger partial charge is 0.361 e. The fraction of sp³-hybridized carbons (Fsp3) is 0.421. The number of piperidine rings is 1. The summed E-state index contributed by atoms with van der Waals surface area (Å²) in [4.78, 5) is 36.3. The highest BCUT2D eigenvalue weighted by atomic mass is 28.3. The average molecular weight is 670 g/mol. The summed E-state index contributed by atoms with van der Waals surface area (Å²) in [5.41, 5.74) is 5.14. The lowest BCUT2D eigenvalue weighted by atomic mass is 9.87. The molecule has 2 aromatic heterocycles. The molecule has 0 atom stereocenters. The van der Waals surface area contributed by atoms with Gasteiger partial charge in [0, 0.05) is 62.6 Å². The van der Waals surface area contributed by atoms with Crippen LogP contribution in [0.4, 0.5) is 4.39 Å². The molecule has 5 rings (SSSR count). The van der Waals surface area contributed by atoms with E-state index in [0.717, 1.165) is 41.0 Å². The van der Waals surface area contributed by atoms with Crippen molar-refractivity contribution in [2.24, 2.45) is 0 Å². The van der Waals surface area contributed by atoms with Crippen molar-refractivity contribution in [3.8, 4) is 11.3 Å². The number of aromatic nitrogens is 3. The number of hydrogen-bond donors (Lipinski definition) is 1. The molecule has 1 saturated heterocycles. The summed E-state index contributed by atoms with van der Waals surface area (Å²) in [6, 6.07) is 13.6. The van der Waals surface area contributed by atoms with Gasteiger partial charge < -0.3 is 19.5 Å². The molecular weight excluding hydrogens is 622 g/mol. The Morgan fingerprint density at radius 1 is 1.08 bits per heavy atom. The van der Waals surface area contributed by atoms with Crippen molar-refractivity contribution in [3.63, 3.8) is 0 Å². The van der Waals surface area contributed by atoms with E-state index in [1.807, 2.05) is 27.7 Å². The first kappa shape index (κ1) is 35.2. The minimum atomic E-state index is -1.25. The number of nitrogens with one attached hydrogen (secondary N) is 1. The van der Waals surface area contributed by atoms with Gasteiger partial charge in [-0.25, -0.2) is 14.4 Å². The highest BCUT2D eigenvalue weighted by Gasteiger charge is 2.28. The fourth-order valence-corrected chi connectivity index (χ4v) is 6.86. The van der Waals surface area contributed by atoms with Gasteiger partial charge >= 0.3 is 0 Å². The van der Waals surface area contributed by atoms with Gasteiger partial charge in [0.2, 0.25) is 5.91 Å². The molecule has 0 radical (unpaired) electrons. The summed E-state index contributed by atoms with van der Waals surface area (Å²) < 4.78 is 23.8. The van der Waals surface area contributed by atoms with Crippen molar-refractivity contribution in [2.75, 3.05) is 19.7 Å². The minimum Gasteiger partial charge on any atom is -0.361 e. The number of benzene rings is 2. The van der Waals surface area contributed by atoms with Crippen LogP contribution in [0.15, 0.2) is 67.6 Å². The van der Waals surface area contributed by atoms with Gasteiger partial charge in [-0.1, -0.05) is 71.3 Å². The Labute approximate surface area is 284 Å². The number of carbonyl (C=O) groups excluding carboxylic acids is 2. The Kier molecular flexibility index (Phi) is 10.6. The van der Waals surface area contributed by atoms with E-state index < -0.39 is 13.9 Å². The molecule has 1 aliphatic rings. The van der Waals surface area contributed by atoms with E-state index in [-0.39, 0.29) is 29.7 Å². The number of hydrogen-bond acceptors (Lipinski definition) is 5. The van der Waals surface area contributed by atoms with Crippen molar-refractivity contribution >= 4 is 30.9 Å². The number of ether oxygens (including phenoxy) is 1. The third-order valence-corrected chi connectivity index (χ3v) is 10.8. The lowest BCUT2D eigenvalue weighted by molar-refractivity contribution is -0.127. The Morgan fingerprint density at radius 3 is 2.42 bits per heavy atom. The maximum Gasteiger partial charge on any atom is 0.251 e. The molecule has 10 heteroatoms. The van der Waals surface area contributed by atoms with Crippen LogP contribution in [0.3, 0.4) is 0 Å². The highest BCUT2D eigenvalue weighted by Crippen LogP contribution is 2.38. The van der Waals surface area contributed by atoms with Gasteiger partial charge in [-0.3, -0.25) is 9.59 Å². The molecule has 1 aliphatic heterocycles. The van der Waals surface area contributed by atoms with Crippen molar-refractivity contribution in [3.05, 3.63) is 95.7 Å². The molecule has 0 aliphatic carbocycles. The number of rotatable bonds is 11. The SMILES string of the molecule is C=CC(=O)N1CCC(c2cn(COCC[Si](C)(C)C)c3ncnc(-c4ccc(CNC(=O)c5ccc(C(C)(C)C)cc5)c(F)c4)c23)CC1. The summed E-state index contributed by atoms with van der Waals surface area (Å²) >= 11 is 0. The van der Waals surface area contributed by atoms with Gasteiger partial charge in [-0.2, -0.15) is 0 Å². The zero-order chi connectivity index (χ0) is 34.6. The quantitative estimate of drug-likeness (QED) is 0.101. The smallest absolute Gasteiger partial charge is 0.251 e. The average Bonchev–Trinajstić information content (AvgIpc) is 3.43. The molecule has 0 unspecified atom stereocenters. The second kappa shape index (κ2) is 14.5. The number of likely N-dealkylation sites (tertiary alicyclic amines) is 1. The van der Waals surface area contributed by atoms with E-state index in [2.05, 4.69) is 68.5 Å². The van der Waals surface area contributed by atoms with Crippen LogP contribution in [0, 0.1) is 5.82 Å². The number of nitrogens with zero attached hydrogens (tertiary/aromatic N) is 4. The molecule has 2 amide bonds. The normalized spacial score (nSPS) is 14.4. The first-order valence-electron chi connectivity index (χ1n) is 16.8. The minimum absolute atomic E-state index is 0.0108. The van der Waals surface area contributed by atoms with Gasteiger partial charge in [-0.15, -0.1) is 0 Å². The monoisotopic (exact) mass is 669 g/mol. The lowest BCUT2D eigenvalue weighted by Gasteiger charge is -2.31. The predicted octanol–water partition coefficient (Wildman–Crippen LogP) is 7.67. The zero-order valence-corrected chi connectivity index (χ0v) is 30.1. The van der Waals surface area contributed by atoms with E-state index >= 15 is 4.39 Å². The van der Waals surface area contributed by atoms with E-state index in [9.17, 15) is 9.59 Å². The van der Waals surface area contributed by atoms with Crippen LogP contribution in [0.1, 0.15) is 66.6 Å². The van der Waals surface area contributed by atoms with Crippen molar-refractivity contribution in [2.45, 2.75) is 83.9 Å². The van der Waals surface area contributed by atoms with Crippen LogP contribution >= 0.6 is 0 Å². The summed E-state index contributed by atoms with van der Waals surface area (Å²) in [6.45, 7) is 19.3. The third-order valence-electron chi connectivity index (χ3n) is 9.11. The van der Waals surface area contributed by atoms with Crippen LogP contribution in [-0.2, 0) is 28.2 Å². The molecule has 0 bridgehead atoms.